The van der Waals surface area contributed by atoms with Crippen LogP contribution >= 0.6 is 11.8 Å². The number of benzene rings is 2. The summed E-state index contributed by atoms with van der Waals surface area (Å²) in [6.45, 7) is -0.123. The number of nitro benzene ring substituents is 1. The van der Waals surface area contributed by atoms with Gasteiger partial charge < -0.3 is 0 Å². The number of nitrogens with zero attached hydrogens (tertiary/aromatic N) is 2. The molecule has 0 bridgehead atoms. The molecule has 0 aliphatic carbocycles. The number of thioether (sulfide) groups is 1. The van der Waals surface area contributed by atoms with E-state index in [-0.39, 0.29) is 12.2 Å². The second-order valence-corrected chi connectivity index (χ2v) is 6.44. The van der Waals surface area contributed by atoms with Crippen molar-refractivity contribution >= 4 is 34.7 Å². The fraction of sp³-hybridized carbons (Fsp3) is 0.0526. The Hall–Kier alpha value is -3.19. The Morgan fingerprint density at radius 3 is 2.46 bits per heavy atom. The molecule has 6 nitrogen and oxygen atoms in total. The van der Waals surface area contributed by atoms with Crippen molar-refractivity contribution in [3.63, 3.8) is 0 Å². The van der Waals surface area contributed by atoms with Crippen molar-refractivity contribution in [2.24, 2.45) is 0 Å². The van der Waals surface area contributed by atoms with Gasteiger partial charge in [-0.05, 0) is 23.4 Å². The van der Waals surface area contributed by atoms with E-state index in [1.807, 2.05) is 36.4 Å². The standard InChI is InChI=1S/C19H14N2O4S/c22-18-17(12-6-9-14-7-2-1-3-8-14)26-19(23)20(18)13-15-10-4-5-11-16(15)21(24)25/h1-12H,13H2/b9-6+,17-12+. The number of nitro groups is 1. The molecule has 130 valence electrons. The summed E-state index contributed by atoms with van der Waals surface area (Å²) in [5.74, 6) is -0.448. The lowest BCUT2D eigenvalue weighted by atomic mass is 10.1. The number of hydrogen-bond acceptors (Lipinski definition) is 5. The highest BCUT2D eigenvalue weighted by Crippen LogP contribution is 2.33. The molecule has 0 saturated carbocycles. The molecule has 26 heavy (non-hydrogen) atoms. The Morgan fingerprint density at radius 2 is 1.73 bits per heavy atom. The van der Waals surface area contributed by atoms with Crippen molar-refractivity contribution in [1.82, 2.24) is 4.90 Å². The number of rotatable bonds is 5. The predicted octanol–water partition coefficient (Wildman–Crippen LogP) is 4.39. The van der Waals surface area contributed by atoms with Gasteiger partial charge in [-0.25, -0.2) is 0 Å². The highest BCUT2D eigenvalue weighted by Gasteiger charge is 2.35. The first-order valence-corrected chi connectivity index (χ1v) is 8.57. The van der Waals surface area contributed by atoms with Crippen molar-refractivity contribution < 1.29 is 14.5 Å². The quantitative estimate of drug-likeness (QED) is 0.445. The maximum Gasteiger partial charge on any atom is 0.293 e. The first-order valence-electron chi connectivity index (χ1n) is 7.75. The van der Waals surface area contributed by atoms with E-state index >= 15 is 0 Å². The summed E-state index contributed by atoms with van der Waals surface area (Å²) >= 11 is 0.828. The van der Waals surface area contributed by atoms with Crippen LogP contribution < -0.4 is 0 Å². The zero-order valence-corrected chi connectivity index (χ0v) is 14.4. The van der Waals surface area contributed by atoms with Crippen LogP contribution in [0.1, 0.15) is 11.1 Å². The van der Waals surface area contributed by atoms with E-state index in [9.17, 15) is 19.7 Å². The van der Waals surface area contributed by atoms with Crippen LogP contribution in [0.4, 0.5) is 10.5 Å². The number of allylic oxidation sites excluding steroid dienone is 2. The molecule has 0 aromatic heterocycles. The molecule has 1 fully saturated rings. The molecule has 0 N–H and O–H groups in total. The number of carbonyl (C=O) groups is 2. The van der Waals surface area contributed by atoms with Crippen molar-refractivity contribution in [2.75, 3.05) is 0 Å². The number of amides is 2. The maximum absolute atomic E-state index is 12.5. The second-order valence-electron chi connectivity index (χ2n) is 5.45. The van der Waals surface area contributed by atoms with E-state index in [1.165, 1.54) is 6.07 Å². The fourth-order valence-corrected chi connectivity index (χ4v) is 3.24. The number of para-hydroxylation sites is 1. The van der Waals surface area contributed by atoms with Crippen LogP contribution in [0.3, 0.4) is 0 Å². The van der Waals surface area contributed by atoms with Gasteiger partial charge in [-0.2, -0.15) is 0 Å². The molecule has 1 saturated heterocycles. The van der Waals surface area contributed by atoms with Gasteiger partial charge >= 0.3 is 0 Å². The van der Waals surface area contributed by atoms with Crippen molar-refractivity contribution in [3.8, 4) is 0 Å². The molecule has 0 radical (unpaired) electrons. The molecule has 3 rings (SSSR count). The number of hydrogen-bond donors (Lipinski definition) is 0. The van der Waals surface area contributed by atoms with Gasteiger partial charge in [-0.1, -0.05) is 60.7 Å². The smallest absolute Gasteiger partial charge is 0.268 e. The van der Waals surface area contributed by atoms with Gasteiger partial charge in [0.15, 0.2) is 0 Å². The van der Waals surface area contributed by atoms with Gasteiger partial charge in [0.25, 0.3) is 16.8 Å². The van der Waals surface area contributed by atoms with E-state index in [2.05, 4.69) is 0 Å². The minimum atomic E-state index is -0.521. The molecule has 7 heteroatoms. The highest BCUT2D eigenvalue weighted by molar-refractivity contribution is 8.18. The summed E-state index contributed by atoms with van der Waals surface area (Å²) in [5, 5.41) is 10.7. The first-order chi connectivity index (χ1) is 12.6. The monoisotopic (exact) mass is 366 g/mol. The fourth-order valence-electron chi connectivity index (χ4n) is 2.45. The molecule has 0 spiro atoms. The van der Waals surface area contributed by atoms with E-state index in [0.717, 1.165) is 22.2 Å². The van der Waals surface area contributed by atoms with Crippen LogP contribution in [0.5, 0.6) is 0 Å². The topological polar surface area (TPSA) is 80.5 Å². The van der Waals surface area contributed by atoms with E-state index < -0.39 is 16.1 Å². The summed E-state index contributed by atoms with van der Waals surface area (Å²) in [4.78, 5) is 36.5. The molecule has 2 amide bonds. The molecular formula is C19H14N2O4S. The Labute approximate surface area is 154 Å². The lowest BCUT2D eigenvalue weighted by Gasteiger charge is -2.12. The summed E-state index contributed by atoms with van der Waals surface area (Å²) in [5.41, 5.74) is 1.18. The molecule has 0 unspecified atom stereocenters. The zero-order chi connectivity index (χ0) is 18.5. The Morgan fingerprint density at radius 1 is 1.04 bits per heavy atom. The van der Waals surface area contributed by atoms with Crippen LogP contribution in [0, 0.1) is 10.1 Å². The van der Waals surface area contributed by atoms with Crippen LogP contribution in [-0.4, -0.2) is 21.0 Å². The lowest BCUT2D eigenvalue weighted by molar-refractivity contribution is -0.385. The normalized spacial score (nSPS) is 16.0. The van der Waals surface area contributed by atoms with Crippen LogP contribution in [-0.2, 0) is 11.3 Å². The van der Waals surface area contributed by atoms with Crippen LogP contribution in [0.25, 0.3) is 6.08 Å². The maximum atomic E-state index is 12.5. The van der Waals surface area contributed by atoms with Crippen molar-refractivity contribution in [2.45, 2.75) is 6.54 Å². The Balaban J connectivity index is 1.76. The number of imide groups is 1. The molecule has 0 atom stereocenters. The third kappa shape index (κ3) is 3.89. The van der Waals surface area contributed by atoms with Gasteiger partial charge in [0.2, 0.25) is 0 Å². The average molecular weight is 366 g/mol. The molecule has 1 aliphatic rings. The highest BCUT2D eigenvalue weighted by atomic mass is 32.2. The second kappa shape index (κ2) is 7.79. The minimum Gasteiger partial charge on any atom is -0.268 e. The minimum absolute atomic E-state index is 0.112. The van der Waals surface area contributed by atoms with Crippen LogP contribution in [0.2, 0.25) is 0 Å². The van der Waals surface area contributed by atoms with Crippen molar-refractivity contribution in [3.05, 3.63) is 92.9 Å². The van der Waals surface area contributed by atoms with E-state index in [1.54, 1.807) is 30.4 Å². The van der Waals surface area contributed by atoms with E-state index in [4.69, 9.17) is 0 Å². The van der Waals surface area contributed by atoms with Gasteiger partial charge in [0.05, 0.1) is 16.4 Å². The molecule has 2 aromatic carbocycles. The number of carbonyl (C=O) groups excluding carboxylic acids is 2. The summed E-state index contributed by atoms with van der Waals surface area (Å²) in [6.07, 6.45) is 5.12. The molecular weight excluding hydrogens is 352 g/mol. The predicted molar refractivity (Wildman–Crippen MR) is 100 cm³/mol. The summed E-state index contributed by atoms with van der Waals surface area (Å²) < 4.78 is 0. The summed E-state index contributed by atoms with van der Waals surface area (Å²) in [6, 6.07) is 15.6. The van der Waals surface area contributed by atoms with E-state index in [0.29, 0.717) is 10.5 Å². The summed E-state index contributed by atoms with van der Waals surface area (Å²) in [7, 11) is 0. The van der Waals surface area contributed by atoms with Crippen molar-refractivity contribution in [1.29, 1.82) is 0 Å². The SMILES string of the molecule is O=C1S/C(=C/C=C/c2ccccc2)C(=O)N1Cc1ccccc1[N+](=O)[O-]. The Kier molecular flexibility index (Phi) is 5.28. The Bertz CT molecular complexity index is 922. The largest absolute Gasteiger partial charge is 0.293 e. The average Bonchev–Trinajstić information content (AvgIpc) is 2.90. The molecule has 1 heterocycles. The van der Waals surface area contributed by atoms with Gasteiger partial charge in [-0.15, -0.1) is 0 Å². The van der Waals surface area contributed by atoms with Gasteiger partial charge in [0, 0.05) is 11.6 Å². The molecule has 2 aromatic rings. The van der Waals surface area contributed by atoms with Gasteiger partial charge in [-0.3, -0.25) is 24.6 Å². The third-order valence-electron chi connectivity index (χ3n) is 3.73. The lowest BCUT2D eigenvalue weighted by Crippen LogP contribution is -2.27. The third-order valence-corrected chi connectivity index (χ3v) is 4.65. The van der Waals surface area contributed by atoms with Gasteiger partial charge in [0.1, 0.15) is 0 Å². The van der Waals surface area contributed by atoms with Crippen LogP contribution in [0.15, 0.2) is 71.7 Å². The molecule has 1 aliphatic heterocycles. The zero-order valence-electron chi connectivity index (χ0n) is 13.6. The first kappa shape index (κ1) is 17.6.